The molecule has 1 aromatic carbocycles. The van der Waals surface area contributed by atoms with Gasteiger partial charge in [-0.25, -0.2) is 0 Å². The Balaban J connectivity index is 1.74. The molecule has 4 nitrogen and oxygen atoms in total. The average molecular weight is 298 g/mol. The minimum atomic E-state index is 0.515. The van der Waals surface area contributed by atoms with E-state index in [1.165, 1.54) is 12.8 Å². The Morgan fingerprint density at radius 3 is 2.86 bits per heavy atom. The standard InChI is InChI=1S/C18H22N2O2/c1-20-11-5-6-14(20)13-22-15-8-9-16(18(12-15)21-2)17-7-3-4-10-19-17/h3-4,7-10,12,14H,5-6,11,13H2,1-2H3. The van der Waals surface area contributed by atoms with Gasteiger partial charge in [0.2, 0.25) is 0 Å². The van der Waals surface area contributed by atoms with Crippen molar-refractivity contribution in [1.29, 1.82) is 0 Å². The predicted molar refractivity (Wildman–Crippen MR) is 87.4 cm³/mol. The number of nitrogens with zero attached hydrogens (tertiary/aromatic N) is 2. The summed E-state index contributed by atoms with van der Waals surface area (Å²) in [6.45, 7) is 1.89. The fourth-order valence-electron chi connectivity index (χ4n) is 2.88. The number of methoxy groups -OCH3 is 1. The molecule has 0 aliphatic carbocycles. The number of rotatable bonds is 5. The van der Waals surface area contributed by atoms with Crippen molar-refractivity contribution >= 4 is 0 Å². The van der Waals surface area contributed by atoms with Crippen molar-refractivity contribution in [3.8, 4) is 22.8 Å². The maximum Gasteiger partial charge on any atom is 0.131 e. The van der Waals surface area contributed by atoms with E-state index in [1.807, 2.05) is 36.4 Å². The zero-order chi connectivity index (χ0) is 15.4. The largest absolute Gasteiger partial charge is 0.496 e. The van der Waals surface area contributed by atoms with Crippen molar-refractivity contribution in [2.45, 2.75) is 18.9 Å². The van der Waals surface area contributed by atoms with Gasteiger partial charge >= 0.3 is 0 Å². The fourth-order valence-corrected chi connectivity index (χ4v) is 2.88. The molecule has 1 saturated heterocycles. The molecule has 1 aliphatic heterocycles. The number of likely N-dealkylation sites (tertiary alicyclic amines) is 1. The van der Waals surface area contributed by atoms with Crippen LogP contribution in [-0.2, 0) is 0 Å². The van der Waals surface area contributed by atoms with Crippen LogP contribution in [0.15, 0.2) is 42.6 Å². The van der Waals surface area contributed by atoms with Crippen LogP contribution in [0, 0.1) is 0 Å². The van der Waals surface area contributed by atoms with E-state index in [-0.39, 0.29) is 0 Å². The molecule has 2 heterocycles. The van der Waals surface area contributed by atoms with Gasteiger partial charge in [-0.15, -0.1) is 0 Å². The topological polar surface area (TPSA) is 34.6 Å². The van der Waals surface area contributed by atoms with Crippen molar-refractivity contribution in [1.82, 2.24) is 9.88 Å². The Morgan fingerprint density at radius 2 is 2.18 bits per heavy atom. The van der Waals surface area contributed by atoms with Gasteiger partial charge in [0, 0.05) is 23.9 Å². The maximum absolute atomic E-state index is 5.95. The molecular formula is C18H22N2O2. The van der Waals surface area contributed by atoms with E-state index in [4.69, 9.17) is 9.47 Å². The summed E-state index contributed by atoms with van der Waals surface area (Å²) < 4.78 is 11.5. The second-order valence-corrected chi connectivity index (χ2v) is 5.66. The number of ether oxygens (including phenoxy) is 2. The summed E-state index contributed by atoms with van der Waals surface area (Å²) in [7, 11) is 3.84. The zero-order valence-corrected chi connectivity index (χ0v) is 13.2. The third-order valence-electron chi connectivity index (χ3n) is 4.23. The van der Waals surface area contributed by atoms with E-state index in [0.717, 1.165) is 35.9 Å². The summed E-state index contributed by atoms with van der Waals surface area (Å²) in [5, 5.41) is 0. The van der Waals surface area contributed by atoms with Gasteiger partial charge in [0.1, 0.15) is 18.1 Å². The van der Waals surface area contributed by atoms with Gasteiger partial charge in [0.05, 0.1) is 12.8 Å². The van der Waals surface area contributed by atoms with E-state index in [2.05, 4.69) is 16.9 Å². The molecule has 1 atom stereocenters. The summed E-state index contributed by atoms with van der Waals surface area (Å²) in [4.78, 5) is 6.74. The van der Waals surface area contributed by atoms with E-state index in [0.29, 0.717) is 6.04 Å². The molecule has 0 radical (unpaired) electrons. The minimum absolute atomic E-state index is 0.515. The summed E-state index contributed by atoms with van der Waals surface area (Å²) in [6.07, 6.45) is 4.25. The first kappa shape index (κ1) is 14.9. The monoisotopic (exact) mass is 298 g/mol. The third kappa shape index (κ3) is 3.22. The van der Waals surface area contributed by atoms with E-state index in [9.17, 15) is 0 Å². The highest BCUT2D eigenvalue weighted by atomic mass is 16.5. The number of benzene rings is 1. The summed E-state index contributed by atoms with van der Waals surface area (Å²) in [5.41, 5.74) is 1.88. The van der Waals surface area contributed by atoms with Gasteiger partial charge < -0.3 is 14.4 Å². The number of hydrogen-bond donors (Lipinski definition) is 0. The van der Waals surface area contributed by atoms with E-state index < -0.39 is 0 Å². The van der Waals surface area contributed by atoms with Gasteiger partial charge in [-0.3, -0.25) is 4.98 Å². The normalized spacial score (nSPS) is 18.4. The van der Waals surface area contributed by atoms with Gasteiger partial charge in [-0.2, -0.15) is 0 Å². The van der Waals surface area contributed by atoms with Crippen molar-refractivity contribution in [3.63, 3.8) is 0 Å². The lowest BCUT2D eigenvalue weighted by Gasteiger charge is -2.20. The highest BCUT2D eigenvalue weighted by molar-refractivity contribution is 5.68. The van der Waals surface area contributed by atoms with Crippen LogP contribution in [-0.4, -0.2) is 43.2 Å². The van der Waals surface area contributed by atoms with Gasteiger partial charge in [-0.05, 0) is 50.7 Å². The van der Waals surface area contributed by atoms with Crippen molar-refractivity contribution < 1.29 is 9.47 Å². The first-order chi connectivity index (χ1) is 10.8. The molecule has 0 spiro atoms. The Hall–Kier alpha value is -2.07. The van der Waals surface area contributed by atoms with Crippen LogP contribution >= 0.6 is 0 Å². The maximum atomic E-state index is 5.95. The van der Waals surface area contributed by atoms with Gasteiger partial charge in [0.15, 0.2) is 0 Å². The molecule has 0 N–H and O–H groups in total. The van der Waals surface area contributed by atoms with Crippen molar-refractivity contribution in [3.05, 3.63) is 42.6 Å². The van der Waals surface area contributed by atoms with Crippen LogP contribution in [0.4, 0.5) is 0 Å². The molecule has 4 heteroatoms. The summed E-state index contributed by atoms with van der Waals surface area (Å²) in [5.74, 6) is 1.63. The van der Waals surface area contributed by atoms with E-state index in [1.54, 1.807) is 13.3 Å². The molecule has 1 unspecified atom stereocenters. The number of hydrogen-bond acceptors (Lipinski definition) is 4. The highest BCUT2D eigenvalue weighted by Gasteiger charge is 2.21. The molecule has 0 amide bonds. The molecule has 1 fully saturated rings. The third-order valence-corrected chi connectivity index (χ3v) is 4.23. The second-order valence-electron chi connectivity index (χ2n) is 5.66. The van der Waals surface area contributed by atoms with Gasteiger partial charge in [0.25, 0.3) is 0 Å². The lowest BCUT2D eigenvalue weighted by Crippen LogP contribution is -2.30. The summed E-state index contributed by atoms with van der Waals surface area (Å²) in [6, 6.07) is 12.3. The SMILES string of the molecule is COc1cc(OCC2CCCN2C)ccc1-c1ccccn1. The number of likely N-dealkylation sites (N-methyl/N-ethyl adjacent to an activating group) is 1. The first-order valence-electron chi connectivity index (χ1n) is 7.70. The minimum Gasteiger partial charge on any atom is -0.496 e. The van der Waals surface area contributed by atoms with Crippen LogP contribution in [0.25, 0.3) is 11.3 Å². The quantitative estimate of drug-likeness (QED) is 0.849. The van der Waals surface area contributed by atoms with Crippen LogP contribution in [0.5, 0.6) is 11.5 Å². The Kier molecular flexibility index (Phi) is 4.59. The first-order valence-corrected chi connectivity index (χ1v) is 7.70. The molecule has 1 aliphatic rings. The Morgan fingerprint density at radius 1 is 1.27 bits per heavy atom. The lowest BCUT2D eigenvalue weighted by molar-refractivity contribution is 0.198. The molecule has 3 rings (SSSR count). The highest BCUT2D eigenvalue weighted by Crippen LogP contribution is 2.32. The molecule has 116 valence electrons. The van der Waals surface area contributed by atoms with Crippen molar-refractivity contribution in [2.24, 2.45) is 0 Å². The van der Waals surface area contributed by atoms with E-state index >= 15 is 0 Å². The smallest absolute Gasteiger partial charge is 0.131 e. The number of pyridine rings is 1. The lowest BCUT2D eigenvalue weighted by atomic mass is 10.1. The van der Waals surface area contributed by atoms with Crippen LogP contribution in [0.1, 0.15) is 12.8 Å². The molecule has 0 bridgehead atoms. The molecule has 1 aromatic heterocycles. The van der Waals surface area contributed by atoms with Crippen LogP contribution in [0.2, 0.25) is 0 Å². The number of aromatic nitrogens is 1. The second kappa shape index (κ2) is 6.79. The molecule has 2 aromatic rings. The molecule has 22 heavy (non-hydrogen) atoms. The Bertz CT molecular complexity index is 616. The predicted octanol–water partition coefficient (Wildman–Crippen LogP) is 3.23. The van der Waals surface area contributed by atoms with Gasteiger partial charge in [-0.1, -0.05) is 6.07 Å². The summed E-state index contributed by atoms with van der Waals surface area (Å²) >= 11 is 0. The van der Waals surface area contributed by atoms with Crippen molar-refractivity contribution in [2.75, 3.05) is 27.3 Å². The Labute approximate surface area is 131 Å². The van der Waals surface area contributed by atoms with Crippen LogP contribution < -0.4 is 9.47 Å². The fraction of sp³-hybridized carbons (Fsp3) is 0.389. The van der Waals surface area contributed by atoms with Crippen LogP contribution in [0.3, 0.4) is 0 Å². The zero-order valence-electron chi connectivity index (χ0n) is 13.2. The molecule has 0 saturated carbocycles. The average Bonchev–Trinajstić information content (AvgIpc) is 2.98. The molecular weight excluding hydrogens is 276 g/mol.